The predicted octanol–water partition coefficient (Wildman–Crippen LogP) is 2.68. The van der Waals surface area contributed by atoms with Crippen LogP contribution in [0.2, 0.25) is 0 Å². The molecule has 2 heterocycles. The van der Waals surface area contributed by atoms with Crippen LogP contribution in [0.15, 0.2) is 63.2 Å². The second kappa shape index (κ2) is 10.9. The molecule has 4 rings (SSSR count). The Morgan fingerprint density at radius 2 is 1.49 bits per heavy atom. The lowest BCUT2D eigenvalue weighted by molar-refractivity contribution is -0.140. The van der Waals surface area contributed by atoms with Gasteiger partial charge in [0.15, 0.2) is 0 Å². The molecule has 9 nitrogen and oxygen atoms in total. The minimum atomic E-state index is -5.05. The molecule has 0 aliphatic carbocycles. The molecule has 0 aromatic heterocycles. The zero-order chi connectivity index (χ0) is 28.6. The van der Waals surface area contributed by atoms with Crippen molar-refractivity contribution >= 4 is 31.7 Å². The van der Waals surface area contributed by atoms with E-state index in [1.165, 1.54) is 31.2 Å². The fraction of sp³-hybridized carbons (Fsp3) is 0.440. The summed E-state index contributed by atoms with van der Waals surface area (Å²) in [6.07, 6.45) is -4.19. The fourth-order valence-electron chi connectivity index (χ4n) is 4.87. The van der Waals surface area contributed by atoms with Gasteiger partial charge in [0.1, 0.15) is 0 Å². The van der Waals surface area contributed by atoms with E-state index >= 15 is 0 Å². The Morgan fingerprint density at radius 1 is 0.872 bits per heavy atom. The molecule has 1 N–H and O–H groups in total. The number of carbonyl (C=O) groups is 2. The lowest BCUT2D eigenvalue weighted by Gasteiger charge is -2.34. The summed E-state index contributed by atoms with van der Waals surface area (Å²) in [4.78, 5) is 25.6. The van der Waals surface area contributed by atoms with Gasteiger partial charge in [0, 0.05) is 39.1 Å². The largest absolute Gasteiger partial charge is 0.417 e. The maximum absolute atomic E-state index is 13.8. The molecule has 2 aromatic carbocycles. The number of rotatable bonds is 6. The molecule has 2 aliphatic heterocycles. The first-order valence-electron chi connectivity index (χ1n) is 12.3. The zero-order valence-corrected chi connectivity index (χ0v) is 22.7. The molecular formula is C25H28F3N3O6S2. The number of hydrogen-bond acceptors (Lipinski definition) is 6. The Balaban J connectivity index is 1.52. The average molecular weight is 588 g/mol. The second-order valence-electron chi connectivity index (χ2n) is 9.64. The molecule has 0 radical (unpaired) electrons. The Labute approximate surface area is 224 Å². The number of sulfone groups is 1. The third-order valence-corrected chi connectivity index (χ3v) is 10.4. The zero-order valence-electron chi connectivity index (χ0n) is 21.0. The molecule has 14 heteroatoms. The van der Waals surface area contributed by atoms with E-state index in [1.54, 1.807) is 15.9 Å². The molecule has 2 fully saturated rings. The number of nitrogens with zero attached hydrogens (tertiary/aromatic N) is 2. The summed E-state index contributed by atoms with van der Waals surface area (Å²) >= 11 is 0. The summed E-state index contributed by atoms with van der Waals surface area (Å²) in [5.74, 6) is -0.596. The molecule has 212 valence electrons. The van der Waals surface area contributed by atoms with Crippen molar-refractivity contribution in [3.8, 4) is 0 Å². The van der Waals surface area contributed by atoms with Gasteiger partial charge in [0.25, 0.3) is 0 Å². The highest BCUT2D eigenvalue weighted by atomic mass is 32.2. The second-order valence-corrected chi connectivity index (χ2v) is 13.3. The van der Waals surface area contributed by atoms with E-state index in [9.17, 15) is 39.6 Å². The number of piperidine rings is 1. The van der Waals surface area contributed by atoms with Gasteiger partial charge in [-0.2, -0.15) is 13.2 Å². The topological polar surface area (TPSA) is 121 Å². The van der Waals surface area contributed by atoms with E-state index in [4.69, 9.17) is 0 Å². The monoisotopic (exact) mass is 587 g/mol. The number of alkyl halides is 3. The normalized spacial score (nSPS) is 19.3. The van der Waals surface area contributed by atoms with Crippen molar-refractivity contribution < 1.29 is 39.6 Å². The van der Waals surface area contributed by atoms with Crippen LogP contribution in [0, 0.1) is 5.92 Å². The van der Waals surface area contributed by atoms with Crippen LogP contribution in [0.4, 0.5) is 13.2 Å². The van der Waals surface area contributed by atoms with Crippen molar-refractivity contribution in [1.29, 1.82) is 0 Å². The molecule has 39 heavy (non-hydrogen) atoms. The molecule has 2 saturated heterocycles. The minimum Gasteiger partial charge on any atom is -0.342 e. The summed E-state index contributed by atoms with van der Waals surface area (Å²) in [5, 5.41) is 0. The quantitative estimate of drug-likeness (QED) is 0.555. The molecular weight excluding hydrogens is 559 g/mol. The van der Waals surface area contributed by atoms with Gasteiger partial charge < -0.3 is 9.80 Å². The molecule has 0 saturated carbocycles. The van der Waals surface area contributed by atoms with E-state index in [1.807, 2.05) is 0 Å². The van der Waals surface area contributed by atoms with Crippen LogP contribution in [0.5, 0.6) is 0 Å². The summed E-state index contributed by atoms with van der Waals surface area (Å²) in [7, 11) is -9.07. The van der Waals surface area contributed by atoms with E-state index in [0.717, 1.165) is 6.07 Å². The minimum absolute atomic E-state index is 0.114. The fourth-order valence-corrected chi connectivity index (χ4v) is 7.81. The Bertz CT molecular complexity index is 1460. The van der Waals surface area contributed by atoms with Gasteiger partial charge in [-0.15, -0.1) is 0 Å². The van der Waals surface area contributed by atoms with Crippen molar-refractivity contribution in [2.45, 2.75) is 53.1 Å². The van der Waals surface area contributed by atoms with Crippen molar-refractivity contribution in [2.75, 3.05) is 26.2 Å². The predicted molar refractivity (Wildman–Crippen MR) is 134 cm³/mol. The van der Waals surface area contributed by atoms with E-state index in [2.05, 4.69) is 4.72 Å². The van der Waals surface area contributed by atoms with Crippen LogP contribution in [0.25, 0.3) is 0 Å². The van der Waals surface area contributed by atoms with Crippen LogP contribution >= 0.6 is 0 Å². The van der Waals surface area contributed by atoms with Gasteiger partial charge in [0.05, 0.1) is 26.2 Å². The van der Waals surface area contributed by atoms with Crippen molar-refractivity contribution in [2.24, 2.45) is 5.92 Å². The molecule has 2 aliphatic rings. The van der Waals surface area contributed by atoms with Gasteiger partial charge in [-0.3, -0.25) is 9.59 Å². The highest BCUT2D eigenvalue weighted by Gasteiger charge is 2.40. The lowest BCUT2D eigenvalue weighted by atomic mass is 10.0. The molecule has 2 aromatic rings. The molecule has 2 amide bonds. The summed E-state index contributed by atoms with van der Waals surface area (Å²) in [5.41, 5.74) is -1.48. The summed E-state index contributed by atoms with van der Waals surface area (Å²) in [6, 6.07) is 7.95. The number of likely N-dealkylation sites (tertiary alicyclic amines) is 2. The van der Waals surface area contributed by atoms with E-state index in [0.29, 0.717) is 31.6 Å². The summed E-state index contributed by atoms with van der Waals surface area (Å²) < 4.78 is 95.9. The molecule has 0 unspecified atom stereocenters. The van der Waals surface area contributed by atoms with Crippen molar-refractivity contribution in [3.63, 3.8) is 0 Å². The van der Waals surface area contributed by atoms with Gasteiger partial charge >= 0.3 is 6.18 Å². The highest BCUT2D eigenvalue weighted by Crippen LogP contribution is 2.36. The van der Waals surface area contributed by atoms with Gasteiger partial charge in [-0.25, -0.2) is 21.6 Å². The maximum Gasteiger partial charge on any atom is 0.417 e. The smallest absolute Gasteiger partial charge is 0.342 e. The Hall–Kier alpha value is -2.97. The van der Waals surface area contributed by atoms with Crippen LogP contribution in [0.3, 0.4) is 0 Å². The average Bonchev–Trinajstić information content (AvgIpc) is 3.39. The molecule has 0 spiro atoms. The highest BCUT2D eigenvalue weighted by molar-refractivity contribution is 7.91. The van der Waals surface area contributed by atoms with Gasteiger partial charge in [-0.1, -0.05) is 18.2 Å². The number of benzene rings is 2. The maximum atomic E-state index is 13.8. The first-order chi connectivity index (χ1) is 18.2. The van der Waals surface area contributed by atoms with Gasteiger partial charge in [-0.05, 0) is 49.6 Å². The standard InChI is InChI=1S/C25H28F3N3O6S2/c1-17(32)31-12-9-18(16-31)24(33)30-13-10-19(11-14-30)29-39(36,37)23-15-21(7-8-22(23)25(26,27)28)38(34,35)20-5-3-2-4-6-20/h2-8,15,18-19,29H,9-14,16H2,1H3/t18-/m1/s1. The number of nitrogens with one attached hydrogen (secondary N) is 1. The first-order valence-corrected chi connectivity index (χ1v) is 15.2. The molecule has 0 bridgehead atoms. The number of hydrogen-bond donors (Lipinski definition) is 1. The number of halogens is 3. The summed E-state index contributed by atoms with van der Waals surface area (Å²) in [6.45, 7) is 2.63. The molecule has 1 atom stereocenters. The van der Waals surface area contributed by atoms with E-state index < -0.39 is 47.4 Å². The first kappa shape index (κ1) is 29.0. The Kier molecular flexibility index (Phi) is 8.11. The Morgan fingerprint density at radius 3 is 2.05 bits per heavy atom. The number of amides is 2. The van der Waals surface area contributed by atoms with Gasteiger partial charge in [0.2, 0.25) is 31.7 Å². The lowest BCUT2D eigenvalue weighted by Crippen LogP contribution is -2.48. The number of sulfonamides is 1. The third kappa shape index (κ3) is 6.28. The van der Waals surface area contributed by atoms with Crippen LogP contribution in [-0.4, -0.2) is 70.7 Å². The van der Waals surface area contributed by atoms with Crippen molar-refractivity contribution in [3.05, 3.63) is 54.1 Å². The SMILES string of the molecule is CC(=O)N1CC[C@@H](C(=O)N2CCC(NS(=O)(=O)c3cc(S(=O)(=O)c4ccccc4)ccc3C(F)(F)F)CC2)C1. The van der Waals surface area contributed by atoms with Crippen molar-refractivity contribution in [1.82, 2.24) is 14.5 Å². The van der Waals surface area contributed by atoms with E-state index in [-0.39, 0.29) is 48.6 Å². The third-order valence-electron chi connectivity index (χ3n) is 7.02. The van der Waals surface area contributed by atoms with Crippen LogP contribution in [-0.2, 0) is 35.6 Å². The van der Waals surface area contributed by atoms with Crippen LogP contribution < -0.4 is 4.72 Å². The van der Waals surface area contributed by atoms with Crippen LogP contribution in [0.1, 0.15) is 31.7 Å². The number of carbonyl (C=O) groups excluding carboxylic acids is 2.